The number of aromatic nitrogens is 2. The summed E-state index contributed by atoms with van der Waals surface area (Å²) in [7, 11) is 0. The summed E-state index contributed by atoms with van der Waals surface area (Å²) >= 11 is 9.96. The highest BCUT2D eigenvalue weighted by molar-refractivity contribution is 9.10. The number of nitrogens with zero attached hydrogens (tertiary/aromatic N) is 2. The zero-order valence-electron chi connectivity index (χ0n) is 15.8. The summed E-state index contributed by atoms with van der Waals surface area (Å²) in [6, 6.07) is 24.9. The molecule has 0 radical (unpaired) electrons. The Morgan fingerprint density at radius 2 is 1.48 bits per heavy atom. The molecule has 0 saturated heterocycles. The quantitative estimate of drug-likeness (QED) is 0.316. The van der Waals surface area contributed by atoms with Gasteiger partial charge in [0, 0.05) is 21.1 Å². The monoisotopic (exact) mass is 460 g/mol. The minimum absolute atomic E-state index is 0.563. The SMILES string of the molecule is CC1=CC(C(c2ccccc2)(c2ccccc2)n2cc3c(Br)cc(Cl)cc3n2)=C1. The van der Waals surface area contributed by atoms with E-state index in [2.05, 4.69) is 94.4 Å². The van der Waals surface area contributed by atoms with Gasteiger partial charge in [0.1, 0.15) is 5.54 Å². The number of allylic oxidation sites excluding steroid dienone is 4. The lowest BCUT2D eigenvalue weighted by Gasteiger charge is -2.39. The second-order valence-corrected chi connectivity index (χ2v) is 8.62. The molecule has 4 aromatic rings. The average Bonchev–Trinajstić information content (AvgIpc) is 3.13. The van der Waals surface area contributed by atoms with Crippen LogP contribution in [-0.2, 0) is 5.54 Å². The Kier molecular flexibility index (Phi) is 4.45. The van der Waals surface area contributed by atoms with E-state index < -0.39 is 5.54 Å². The first-order valence-electron chi connectivity index (χ1n) is 9.45. The summed E-state index contributed by atoms with van der Waals surface area (Å²) in [5.74, 6) is 0. The Morgan fingerprint density at radius 3 is 2.03 bits per heavy atom. The zero-order chi connectivity index (χ0) is 20.0. The van der Waals surface area contributed by atoms with E-state index >= 15 is 0 Å². The van der Waals surface area contributed by atoms with Crippen LogP contribution < -0.4 is 0 Å². The van der Waals surface area contributed by atoms with Crippen LogP contribution in [0.15, 0.2) is 107 Å². The smallest absolute Gasteiger partial charge is 0.138 e. The first-order chi connectivity index (χ1) is 14.1. The Hall–Kier alpha value is -2.62. The molecule has 0 amide bonds. The molecule has 0 aliphatic heterocycles. The van der Waals surface area contributed by atoms with E-state index in [1.807, 2.05) is 24.3 Å². The van der Waals surface area contributed by atoms with Gasteiger partial charge in [0.15, 0.2) is 0 Å². The van der Waals surface area contributed by atoms with Crippen LogP contribution in [0, 0.1) is 0 Å². The molecular formula is C25H18BrClN2. The van der Waals surface area contributed by atoms with E-state index in [0.717, 1.165) is 26.5 Å². The first kappa shape index (κ1) is 18.4. The van der Waals surface area contributed by atoms with Gasteiger partial charge < -0.3 is 0 Å². The van der Waals surface area contributed by atoms with Gasteiger partial charge in [0.25, 0.3) is 0 Å². The number of fused-ring (bicyclic) bond motifs is 1. The molecule has 0 fully saturated rings. The Labute approximate surface area is 183 Å². The highest BCUT2D eigenvalue weighted by Crippen LogP contribution is 2.45. The van der Waals surface area contributed by atoms with Crippen molar-refractivity contribution in [2.45, 2.75) is 12.5 Å². The summed E-state index contributed by atoms with van der Waals surface area (Å²) in [6.45, 7) is 2.13. The zero-order valence-corrected chi connectivity index (χ0v) is 18.2. The molecule has 1 aliphatic carbocycles. The maximum atomic E-state index is 6.30. The molecule has 5 rings (SSSR count). The molecule has 0 spiro atoms. The molecule has 2 nitrogen and oxygen atoms in total. The molecule has 4 heteroatoms. The first-order valence-corrected chi connectivity index (χ1v) is 10.6. The van der Waals surface area contributed by atoms with Gasteiger partial charge in [0.05, 0.1) is 5.52 Å². The van der Waals surface area contributed by atoms with Gasteiger partial charge in [-0.05, 0) is 51.7 Å². The standard InChI is InChI=1S/C25H18BrClN2/c1-17-12-20(13-17)25(18-8-4-2-5-9-18,19-10-6-3-7-11-19)29-16-22-23(26)14-21(27)15-24(22)28-29/h2-16H,1H3. The van der Waals surface area contributed by atoms with Gasteiger partial charge in [-0.3, -0.25) is 4.68 Å². The van der Waals surface area contributed by atoms with E-state index in [9.17, 15) is 0 Å². The summed E-state index contributed by atoms with van der Waals surface area (Å²) in [6.07, 6.45) is 6.60. The minimum Gasteiger partial charge on any atom is -0.252 e. The topological polar surface area (TPSA) is 17.8 Å². The molecule has 0 atom stereocenters. The summed E-state index contributed by atoms with van der Waals surface area (Å²) in [5, 5.41) is 6.72. The molecule has 142 valence electrons. The molecule has 3 aromatic carbocycles. The van der Waals surface area contributed by atoms with E-state index in [1.54, 1.807) is 0 Å². The summed E-state index contributed by atoms with van der Waals surface area (Å²) in [5.41, 5.74) is 5.10. The highest BCUT2D eigenvalue weighted by Gasteiger charge is 2.42. The van der Waals surface area contributed by atoms with Crippen molar-refractivity contribution in [2.24, 2.45) is 0 Å². The normalized spacial score (nSPS) is 13.8. The summed E-state index contributed by atoms with van der Waals surface area (Å²) in [4.78, 5) is 0. The van der Waals surface area contributed by atoms with Crippen molar-refractivity contribution in [3.8, 4) is 0 Å². The van der Waals surface area contributed by atoms with E-state index in [-0.39, 0.29) is 0 Å². The van der Waals surface area contributed by atoms with Crippen LogP contribution >= 0.6 is 27.5 Å². The van der Waals surface area contributed by atoms with E-state index in [1.165, 1.54) is 11.1 Å². The molecule has 0 N–H and O–H groups in total. The number of halogens is 2. The molecule has 1 aliphatic rings. The number of benzene rings is 3. The maximum absolute atomic E-state index is 6.30. The average molecular weight is 462 g/mol. The van der Waals surface area contributed by atoms with Crippen molar-refractivity contribution < 1.29 is 0 Å². The molecule has 0 saturated carbocycles. The van der Waals surface area contributed by atoms with Crippen LogP contribution in [0.2, 0.25) is 5.02 Å². The van der Waals surface area contributed by atoms with E-state index in [0.29, 0.717) is 5.02 Å². The molecule has 1 heterocycles. The predicted molar refractivity (Wildman–Crippen MR) is 123 cm³/mol. The molecule has 0 unspecified atom stereocenters. The number of hydrogen-bond donors (Lipinski definition) is 0. The fourth-order valence-corrected chi connectivity index (χ4v) is 5.06. The molecule has 0 bridgehead atoms. The highest BCUT2D eigenvalue weighted by atomic mass is 79.9. The van der Waals surface area contributed by atoms with Gasteiger partial charge in [-0.25, -0.2) is 0 Å². The maximum Gasteiger partial charge on any atom is 0.138 e. The minimum atomic E-state index is -0.563. The van der Waals surface area contributed by atoms with Crippen molar-refractivity contribution in [3.63, 3.8) is 0 Å². The van der Waals surface area contributed by atoms with Gasteiger partial charge in [-0.1, -0.05) is 90.0 Å². The molecule has 29 heavy (non-hydrogen) atoms. The van der Waals surface area contributed by atoms with Crippen LogP contribution in [0.3, 0.4) is 0 Å². The van der Waals surface area contributed by atoms with Crippen LogP contribution in [0.5, 0.6) is 0 Å². The van der Waals surface area contributed by atoms with Crippen LogP contribution in [0.1, 0.15) is 18.1 Å². The van der Waals surface area contributed by atoms with Crippen LogP contribution in [0.4, 0.5) is 0 Å². The second-order valence-electron chi connectivity index (χ2n) is 7.32. The van der Waals surface area contributed by atoms with E-state index in [4.69, 9.17) is 16.7 Å². The van der Waals surface area contributed by atoms with Crippen molar-refractivity contribution in [3.05, 3.63) is 123 Å². The van der Waals surface area contributed by atoms with Crippen LogP contribution in [0.25, 0.3) is 10.9 Å². The third kappa shape index (κ3) is 2.88. The van der Waals surface area contributed by atoms with Crippen molar-refractivity contribution >= 4 is 38.4 Å². The van der Waals surface area contributed by atoms with Gasteiger partial charge in [0.2, 0.25) is 0 Å². The van der Waals surface area contributed by atoms with Gasteiger partial charge >= 0.3 is 0 Å². The third-order valence-electron chi connectivity index (χ3n) is 5.45. The Morgan fingerprint density at radius 1 is 0.897 bits per heavy atom. The Balaban J connectivity index is 1.88. The Bertz CT molecular complexity index is 1230. The van der Waals surface area contributed by atoms with Crippen LogP contribution in [-0.4, -0.2) is 9.78 Å². The van der Waals surface area contributed by atoms with Gasteiger partial charge in [-0.15, -0.1) is 0 Å². The molecular weight excluding hydrogens is 444 g/mol. The predicted octanol–water partition coefficient (Wildman–Crippen LogP) is 7.13. The largest absolute Gasteiger partial charge is 0.252 e. The van der Waals surface area contributed by atoms with Gasteiger partial charge in [-0.2, -0.15) is 5.10 Å². The third-order valence-corrected chi connectivity index (χ3v) is 6.32. The lowest BCUT2D eigenvalue weighted by Crippen LogP contribution is -2.39. The van der Waals surface area contributed by atoms with Crippen molar-refractivity contribution in [1.82, 2.24) is 9.78 Å². The second kappa shape index (κ2) is 7.01. The lowest BCUT2D eigenvalue weighted by atomic mass is 9.72. The summed E-state index contributed by atoms with van der Waals surface area (Å²) < 4.78 is 3.02. The number of rotatable bonds is 4. The van der Waals surface area contributed by atoms with Crippen molar-refractivity contribution in [1.29, 1.82) is 0 Å². The fraction of sp³-hybridized carbons (Fsp3) is 0.0800. The number of hydrogen-bond acceptors (Lipinski definition) is 1. The fourth-order valence-electron chi connectivity index (χ4n) is 4.16. The lowest BCUT2D eigenvalue weighted by molar-refractivity contribution is 0.459. The van der Waals surface area contributed by atoms with Crippen molar-refractivity contribution in [2.75, 3.05) is 0 Å². The molecule has 1 aromatic heterocycles.